The molecule has 1 aliphatic rings. The van der Waals surface area contributed by atoms with E-state index >= 15 is 0 Å². The second-order valence-electron chi connectivity index (χ2n) is 2.68. The van der Waals surface area contributed by atoms with Crippen molar-refractivity contribution in [1.82, 2.24) is 9.55 Å². The monoisotopic (exact) mass is 310 g/mol. The average Bonchev–Trinajstić information content (AvgIpc) is 2.70. The molecule has 2 heterocycles. The van der Waals surface area contributed by atoms with Gasteiger partial charge in [-0.25, -0.2) is 4.98 Å². The molecule has 6 heteroatoms. The number of rotatable bonds is 1. The van der Waals surface area contributed by atoms with Crippen LogP contribution in [-0.4, -0.2) is 22.8 Å². The Balaban J connectivity index is 2.34. The molecular formula is C7H8Br2N2O2. The molecule has 0 radical (unpaired) electrons. The first kappa shape index (κ1) is 9.64. The second-order valence-corrected chi connectivity index (χ2v) is 4.19. The molecule has 0 saturated carbocycles. The van der Waals surface area contributed by atoms with Crippen LogP contribution >= 0.6 is 31.9 Å². The van der Waals surface area contributed by atoms with E-state index in [-0.39, 0.29) is 6.29 Å². The summed E-state index contributed by atoms with van der Waals surface area (Å²) in [4.78, 5) is 4.27. The molecule has 72 valence electrons. The summed E-state index contributed by atoms with van der Waals surface area (Å²) in [5.74, 6) is 0.774. The second kappa shape index (κ2) is 3.68. The van der Waals surface area contributed by atoms with Crippen LogP contribution in [0.4, 0.5) is 0 Å². The van der Waals surface area contributed by atoms with Crippen molar-refractivity contribution in [3.05, 3.63) is 15.0 Å². The zero-order valence-corrected chi connectivity index (χ0v) is 10.1. The largest absolute Gasteiger partial charge is 0.343 e. The number of hydrogen-bond donors (Lipinski definition) is 0. The Bertz CT molecular complexity index is 321. The normalized spacial score (nSPS) is 18.4. The highest BCUT2D eigenvalue weighted by atomic mass is 79.9. The third kappa shape index (κ3) is 1.68. The Labute approximate surface area is 92.5 Å². The summed E-state index contributed by atoms with van der Waals surface area (Å²) in [6.07, 6.45) is -0.326. The van der Waals surface area contributed by atoms with Gasteiger partial charge >= 0.3 is 0 Å². The van der Waals surface area contributed by atoms with E-state index in [0.29, 0.717) is 13.2 Å². The minimum absolute atomic E-state index is 0.326. The van der Waals surface area contributed by atoms with Crippen LogP contribution in [0.25, 0.3) is 0 Å². The van der Waals surface area contributed by atoms with E-state index in [1.807, 2.05) is 11.6 Å². The van der Waals surface area contributed by atoms with Gasteiger partial charge in [-0.15, -0.1) is 0 Å². The number of aromatic nitrogens is 2. The van der Waals surface area contributed by atoms with E-state index in [2.05, 4.69) is 36.8 Å². The van der Waals surface area contributed by atoms with Crippen molar-refractivity contribution in [3.63, 3.8) is 0 Å². The van der Waals surface area contributed by atoms with Gasteiger partial charge in [0.1, 0.15) is 9.21 Å². The molecule has 0 spiro atoms. The van der Waals surface area contributed by atoms with Crippen molar-refractivity contribution < 1.29 is 9.47 Å². The summed E-state index contributed by atoms with van der Waals surface area (Å²) in [6.45, 7) is 1.26. The van der Waals surface area contributed by atoms with Crippen LogP contribution < -0.4 is 0 Å². The quantitative estimate of drug-likeness (QED) is 0.796. The summed E-state index contributed by atoms with van der Waals surface area (Å²) in [7, 11) is 1.90. The van der Waals surface area contributed by atoms with E-state index in [0.717, 1.165) is 15.0 Å². The maximum atomic E-state index is 5.34. The van der Waals surface area contributed by atoms with E-state index in [9.17, 15) is 0 Å². The fraction of sp³-hybridized carbons (Fsp3) is 0.571. The topological polar surface area (TPSA) is 36.3 Å². The molecule has 0 aliphatic carbocycles. The molecule has 1 saturated heterocycles. The summed E-state index contributed by atoms with van der Waals surface area (Å²) in [5.41, 5.74) is 0. The molecule has 1 fully saturated rings. The number of hydrogen-bond acceptors (Lipinski definition) is 3. The molecule has 0 N–H and O–H groups in total. The molecule has 4 nitrogen and oxygen atoms in total. The smallest absolute Gasteiger partial charge is 0.217 e. The fourth-order valence-corrected chi connectivity index (χ4v) is 1.90. The van der Waals surface area contributed by atoms with Gasteiger partial charge in [-0.05, 0) is 31.9 Å². The minimum atomic E-state index is -0.326. The maximum absolute atomic E-state index is 5.34. The number of imidazole rings is 1. The van der Waals surface area contributed by atoms with Crippen LogP contribution in [0.3, 0.4) is 0 Å². The van der Waals surface area contributed by atoms with Gasteiger partial charge in [0, 0.05) is 7.05 Å². The zero-order chi connectivity index (χ0) is 9.42. The summed E-state index contributed by atoms with van der Waals surface area (Å²) in [5, 5.41) is 0. The lowest BCUT2D eigenvalue weighted by Gasteiger charge is -2.08. The van der Waals surface area contributed by atoms with Crippen LogP contribution in [0, 0.1) is 0 Å². The molecule has 0 unspecified atom stereocenters. The molecular weight excluding hydrogens is 304 g/mol. The molecule has 1 aromatic heterocycles. The third-order valence-electron chi connectivity index (χ3n) is 1.85. The first-order chi connectivity index (χ1) is 6.20. The van der Waals surface area contributed by atoms with Crippen LogP contribution in [0.2, 0.25) is 0 Å². The van der Waals surface area contributed by atoms with Crippen LogP contribution in [-0.2, 0) is 16.5 Å². The van der Waals surface area contributed by atoms with Gasteiger partial charge in [-0.1, -0.05) is 0 Å². The van der Waals surface area contributed by atoms with E-state index in [4.69, 9.17) is 9.47 Å². The Morgan fingerprint density at radius 3 is 2.46 bits per heavy atom. The van der Waals surface area contributed by atoms with Crippen molar-refractivity contribution in [2.75, 3.05) is 13.2 Å². The van der Waals surface area contributed by atoms with E-state index in [1.54, 1.807) is 0 Å². The van der Waals surface area contributed by atoms with E-state index < -0.39 is 0 Å². The first-order valence-corrected chi connectivity index (χ1v) is 5.39. The molecule has 1 aliphatic heterocycles. The predicted molar refractivity (Wildman–Crippen MR) is 53.3 cm³/mol. The van der Waals surface area contributed by atoms with Crippen molar-refractivity contribution in [3.8, 4) is 0 Å². The van der Waals surface area contributed by atoms with Gasteiger partial charge in [-0.2, -0.15) is 0 Å². The van der Waals surface area contributed by atoms with Crippen LogP contribution in [0.5, 0.6) is 0 Å². The van der Waals surface area contributed by atoms with Gasteiger partial charge in [-0.3, -0.25) is 0 Å². The SMILES string of the molecule is Cn1c(C2OCCO2)nc(Br)c1Br. The van der Waals surface area contributed by atoms with Crippen molar-refractivity contribution in [1.29, 1.82) is 0 Å². The molecule has 0 aromatic carbocycles. The standard InChI is InChI=1S/C7H8Br2N2O2/c1-11-5(9)4(8)10-6(11)7-12-2-3-13-7/h7H,2-3H2,1H3. The highest BCUT2D eigenvalue weighted by molar-refractivity contribution is 9.13. The van der Waals surface area contributed by atoms with Crippen LogP contribution in [0.15, 0.2) is 9.21 Å². The Kier molecular flexibility index (Phi) is 2.73. The van der Waals surface area contributed by atoms with Crippen molar-refractivity contribution in [2.24, 2.45) is 7.05 Å². The summed E-state index contributed by atoms with van der Waals surface area (Å²) in [6, 6.07) is 0. The third-order valence-corrected chi connectivity index (χ3v) is 3.85. The maximum Gasteiger partial charge on any atom is 0.217 e. The summed E-state index contributed by atoms with van der Waals surface area (Å²) >= 11 is 6.71. The number of halogens is 2. The van der Waals surface area contributed by atoms with Crippen molar-refractivity contribution >= 4 is 31.9 Å². The molecule has 1 aromatic rings. The highest BCUT2D eigenvalue weighted by Crippen LogP contribution is 2.29. The lowest BCUT2D eigenvalue weighted by molar-refractivity contribution is -0.0525. The Hall–Kier alpha value is 0.0900. The minimum Gasteiger partial charge on any atom is -0.343 e. The lowest BCUT2D eigenvalue weighted by atomic mass is 10.6. The van der Waals surface area contributed by atoms with Gasteiger partial charge in [0.15, 0.2) is 5.82 Å². The van der Waals surface area contributed by atoms with Gasteiger partial charge in [0.2, 0.25) is 6.29 Å². The van der Waals surface area contributed by atoms with Gasteiger partial charge < -0.3 is 14.0 Å². The fourth-order valence-electron chi connectivity index (χ4n) is 1.18. The van der Waals surface area contributed by atoms with Crippen molar-refractivity contribution in [2.45, 2.75) is 6.29 Å². The Morgan fingerprint density at radius 2 is 2.00 bits per heavy atom. The Morgan fingerprint density at radius 1 is 1.38 bits per heavy atom. The van der Waals surface area contributed by atoms with Gasteiger partial charge in [0.05, 0.1) is 13.2 Å². The van der Waals surface area contributed by atoms with Crippen LogP contribution in [0.1, 0.15) is 12.1 Å². The molecule has 0 amide bonds. The molecule has 0 atom stereocenters. The average molecular weight is 312 g/mol. The summed E-state index contributed by atoms with van der Waals surface area (Å²) < 4.78 is 14.2. The van der Waals surface area contributed by atoms with E-state index in [1.165, 1.54) is 0 Å². The highest BCUT2D eigenvalue weighted by Gasteiger charge is 2.24. The molecule has 0 bridgehead atoms. The number of nitrogens with zero attached hydrogens (tertiary/aromatic N) is 2. The predicted octanol–water partition coefficient (Wildman–Crippen LogP) is 1.99. The molecule has 2 rings (SSSR count). The molecule has 13 heavy (non-hydrogen) atoms. The van der Waals surface area contributed by atoms with Gasteiger partial charge in [0.25, 0.3) is 0 Å². The zero-order valence-electron chi connectivity index (χ0n) is 6.96. The first-order valence-electron chi connectivity index (χ1n) is 3.81. The lowest BCUT2D eigenvalue weighted by Crippen LogP contribution is -2.06. The number of ether oxygens (including phenoxy) is 2.